The van der Waals surface area contributed by atoms with Gasteiger partial charge >= 0.3 is 5.69 Å². The Kier molecular flexibility index (Phi) is 6.77. The molecule has 1 unspecified atom stereocenters. The van der Waals surface area contributed by atoms with Gasteiger partial charge in [0.05, 0.1) is 6.54 Å². The molecule has 34 heavy (non-hydrogen) atoms. The van der Waals surface area contributed by atoms with E-state index in [-0.39, 0.29) is 12.7 Å². The Morgan fingerprint density at radius 1 is 1.18 bits per heavy atom. The number of fused-ring (bicyclic) bond motifs is 1. The fraction of sp³-hybridized carbons (Fsp3) is 0.385. The molecule has 0 amide bonds. The zero-order valence-corrected chi connectivity index (χ0v) is 20.0. The summed E-state index contributed by atoms with van der Waals surface area (Å²) >= 11 is 0. The molecule has 0 saturated heterocycles. The summed E-state index contributed by atoms with van der Waals surface area (Å²) in [4.78, 5) is 28.6. The molecule has 7 nitrogen and oxygen atoms in total. The number of hydrogen-bond acceptors (Lipinski definition) is 5. The van der Waals surface area contributed by atoms with Gasteiger partial charge < -0.3 is 15.5 Å². The first-order valence-electron chi connectivity index (χ1n) is 11.6. The van der Waals surface area contributed by atoms with Crippen molar-refractivity contribution in [2.45, 2.75) is 45.4 Å². The third kappa shape index (κ3) is 5.00. The van der Waals surface area contributed by atoms with Crippen molar-refractivity contribution in [3.63, 3.8) is 0 Å². The van der Waals surface area contributed by atoms with Crippen LogP contribution in [0.4, 0.5) is 15.9 Å². The van der Waals surface area contributed by atoms with Crippen LogP contribution in [0.5, 0.6) is 0 Å². The molecule has 1 aromatic heterocycles. The Morgan fingerprint density at radius 2 is 1.91 bits per heavy atom. The van der Waals surface area contributed by atoms with Gasteiger partial charge in [0.15, 0.2) is 0 Å². The van der Waals surface area contributed by atoms with E-state index >= 15 is 0 Å². The fourth-order valence-corrected chi connectivity index (χ4v) is 4.14. The van der Waals surface area contributed by atoms with Gasteiger partial charge in [-0.25, -0.2) is 9.18 Å². The van der Waals surface area contributed by atoms with Gasteiger partial charge in [0.1, 0.15) is 23.5 Å². The topological polar surface area (TPSA) is 71.3 Å². The zero-order chi connectivity index (χ0) is 24.4. The Labute approximate surface area is 198 Å². The van der Waals surface area contributed by atoms with Gasteiger partial charge in [-0.2, -0.15) is 0 Å². The van der Waals surface area contributed by atoms with Gasteiger partial charge in [-0.3, -0.25) is 13.9 Å². The second-order valence-corrected chi connectivity index (χ2v) is 9.29. The molecule has 1 aromatic carbocycles. The van der Waals surface area contributed by atoms with Crippen molar-refractivity contribution in [1.82, 2.24) is 14.0 Å². The van der Waals surface area contributed by atoms with Gasteiger partial charge in [0, 0.05) is 38.3 Å². The molecule has 2 N–H and O–H groups in total. The molecular weight excluding hydrogens is 433 g/mol. The monoisotopic (exact) mass is 465 g/mol. The summed E-state index contributed by atoms with van der Waals surface area (Å²) in [7, 11) is 3.91. The van der Waals surface area contributed by atoms with Crippen molar-refractivity contribution < 1.29 is 4.39 Å². The lowest BCUT2D eigenvalue weighted by atomic mass is 10.1. The Bertz CT molecular complexity index is 1270. The largest absolute Gasteiger partial charge is 0.378 e. The lowest BCUT2D eigenvalue weighted by Crippen LogP contribution is -2.41. The van der Waals surface area contributed by atoms with E-state index in [1.807, 2.05) is 38.1 Å². The summed E-state index contributed by atoms with van der Waals surface area (Å²) in [5, 5.41) is 6.62. The number of nitrogens with zero attached hydrogens (tertiary/aromatic N) is 3. The van der Waals surface area contributed by atoms with E-state index in [0.717, 1.165) is 28.7 Å². The van der Waals surface area contributed by atoms with E-state index in [0.29, 0.717) is 36.0 Å². The second kappa shape index (κ2) is 9.75. The number of allylic oxidation sites excluding steroid dienone is 3. The minimum absolute atomic E-state index is 0.104. The minimum Gasteiger partial charge on any atom is -0.378 e. The van der Waals surface area contributed by atoms with Gasteiger partial charge in [-0.1, -0.05) is 36.4 Å². The molecule has 1 saturated carbocycles. The highest BCUT2D eigenvalue weighted by atomic mass is 19.1. The number of hydrogen-bond donors (Lipinski definition) is 2. The molecule has 2 aliphatic rings. The second-order valence-electron chi connectivity index (χ2n) is 9.29. The van der Waals surface area contributed by atoms with Crippen LogP contribution in [-0.4, -0.2) is 34.3 Å². The lowest BCUT2D eigenvalue weighted by Gasteiger charge is -2.15. The highest BCUT2D eigenvalue weighted by Gasteiger charge is 2.31. The molecule has 2 heterocycles. The van der Waals surface area contributed by atoms with Crippen LogP contribution in [0.25, 0.3) is 0 Å². The van der Waals surface area contributed by atoms with Crippen LogP contribution in [0.15, 0.2) is 69.9 Å². The van der Waals surface area contributed by atoms with Crippen LogP contribution in [0.2, 0.25) is 0 Å². The quantitative estimate of drug-likeness (QED) is 0.552. The van der Waals surface area contributed by atoms with Gasteiger partial charge in [-0.15, -0.1) is 0 Å². The molecule has 2 aromatic rings. The lowest BCUT2D eigenvalue weighted by molar-refractivity contribution is 0.530. The first-order valence-corrected chi connectivity index (χ1v) is 11.6. The predicted octanol–water partition coefficient (Wildman–Crippen LogP) is 3.74. The van der Waals surface area contributed by atoms with Crippen LogP contribution < -0.4 is 21.9 Å². The van der Waals surface area contributed by atoms with E-state index in [9.17, 15) is 14.0 Å². The standard InChI is InChI=1S/C26H32FN5O2/c1-5-20(30(3)4)13-10-17(2)14-22-28-23-24(29-22)31(15-18-11-12-18)26(34)32(25(23)33)16-19-8-6-7-9-21(19)27/h5-10,13,18,22,28-29H,1,11-12,14-16H2,2-4H3/b17-10+,20-13+. The zero-order valence-electron chi connectivity index (χ0n) is 20.0. The van der Waals surface area contributed by atoms with Crippen molar-refractivity contribution in [2.75, 3.05) is 24.7 Å². The maximum Gasteiger partial charge on any atom is 0.333 e. The molecule has 1 atom stereocenters. The molecule has 0 radical (unpaired) electrons. The smallest absolute Gasteiger partial charge is 0.333 e. The third-order valence-corrected chi connectivity index (χ3v) is 6.27. The number of nitrogens with one attached hydrogen (secondary N) is 2. The Hall–Kier alpha value is -3.55. The fourth-order valence-electron chi connectivity index (χ4n) is 4.14. The molecule has 8 heteroatoms. The van der Waals surface area contributed by atoms with Crippen LogP contribution in [0.3, 0.4) is 0 Å². The molecule has 180 valence electrons. The number of halogens is 1. The molecule has 4 rings (SSSR count). The predicted molar refractivity (Wildman–Crippen MR) is 135 cm³/mol. The molecule has 0 spiro atoms. The SMILES string of the molecule is C=C/C(=C\C=C(/C)CC1Nc2c(n(CC3CC3)c(=O)n(Cc3ccccc3F)c2=O)N1)N(C)C. The molecule has 1 aliphatic carbocycles. The normalized spacial score (nSPS) is 17.7. The summed E-state index contributed by atoms with van der Waals surface area (Å²) in [6.45, 7) is 6.30. The molecule has 1 fully saturated rings. The van der Waals surface area contributed by atoms with Crippen LogP contribution >= 0.6 is 0 Å². The van der Waals surface area contributed by atoms with E-state index in [1.165, 1.54) is 6.07 Å². The van der Waals surface area contributed by atoms with E-state index in [4.69, 9.17) is 0 Å². The van der Waals surface area contributed by atoms with Crippen molar-refractivity contribution in [2.24, 2.45) is 5.92 Å². The molecule has 1 aliphatic heterocycles. The average molecular weight is 466 g/mol. The average Bonchev–Trinajstić information content (AvgIpc) is 3.53. The summed E-state index contributed by atoms with van der Waals surface area (Å²) in [5.41, 5.74) is 1.92. The van der Waals surface area contributed by atoms with Gasteiger partial charge in [0.2, 0.25) is 0 Å². The Morgan fingerprint density at radius 3 is 2.56 bits per heavy atom. The van der Waals surface area contributed by atoms with E-state index < -0.39 is 17.1 Å². The van der Waals surface area contributed by atoms with Crippen molar-refractivity contribution in [1.29, 1.82) is 0 Å². The molecule has 0 bridgehead atoms. The highest BCUT2D eigenvalue weighted by molar-refractivity contribution is 5.70. The first-order chi connectivity index (χ1) is 16.3. The maximum atomic E-state index is 14.3. The summed E-state index contributed by atoms with van der Waals surface area (Å²) in [6.07, 6.45) is 8.35. The number of anilines is 2. The minimum atomic E-state index is -0.437. The van der Waals surface area contributed by atoms with Crippen LogP contribution in [0, 0.1) is 11.7 Å². The summed E-state index contributed by atoms with van der Waals surface area (Å²) < 4.78 is 17.0. The highest BCUT2D eigenvalue weighted by Crippen LogP contribution is 2.33. The number of aromatic nitrogens is 2. The van der Waals surface area contributed by atoms with Crippen LogP contribution in [-0.2, 0) is 13.1 Å². The number of benzene rings is 1. The third-order valence-electron chi connectivity index (χ3n) is 6.27. The first kappa shape index (κ1) is 23.6. The van der Waals surface area contributed by atoms with Crippen molar-refractivity contribution in [3.8, 4) is 0 Å². The summed E-state index contributed by atoms with van der Waals surface area (Å²) in [6, 6.07) is 6.23. The number of rotatable bonds is 9. The van der Waals surface area contributed by atoms with Crippen molar-refractivity contribution >= 4 is 11.5 Å². The Balaban J connectivity index is 1.64. The van der Waals surface area contributed by atoms with E-state index in [1.54, 1.807) is 28.8 Å². The summed E-state index contributed by atoms with van der Waals surface area (Å²) in [5.74, 6) is 0.523. The van der Waals surface area contributed by atoms with Gasteiger partial charge in [0.25, 0.3) is 5.56 Å². The maximum absolute atomic E-state index is 14.3. The van der Waals surface area contributed by atoms with Crippen molar-refractivity contribution in [3.05, 3.63) is 92.6 Å². The van der Waals surface area contributed by atoms with Gasteiger partial charge in [-0.05, 0) is 43.9 Å². The van der Waals surface area contributed by atoms with E-state index in [2.05, 4.69) is 17.2 Å². The number of likely N-dealkylation sites (N-methyl/N-ethyl adjacent to an activating group) is 1. The van der Waals surface area contributed by atoms with Crippen LogP contribution in [0.1, 0.15) is 31.7 Å². The molecular formula is C26H32FN5O2.